The van der Waals surface area contributed by atoms with E-state index in [-0.39, 0.29) is 18.4 Å². The Morgan fingerprint density at radius 2 is 1.80 bits per heavy atom. The van der Waals surface area contributed by atoms with Gasteiger partial charge in [-0.25, -0.2) is 0 Å². The monoisotopic (exact) mass is 435 g/mol. The van der Waals surface area contributed by atoms with E-state index < -0.39 is 0 Å². The second-order valence-corrected chi connectivity index (χ2v) is 8.50. The molecule has 0 aliphatic heterocycles. The van der Waals surface area contributed by atoms with Gasteiger partial charge in [0.2, 0.25) is 5.91 Å². The molecular formula is C23H21N3O2S2. The fourth-order valence-corrected chi connectivity index (χ4v) is 4.49. The normalized spacial score (nSPS) is 10.3. The maximum Gasteiger partial charge on any atom is 0.255 e. The van der Waals surface area contributed by atoms with Crippen molar-refractivity contribution in [1.29, 1.82) is 5.26 Å². The Morgan fingerprint density at radius 1 is 1.07 bits per heavy atom. The zero-order valence-corrected chi connectivity index (χ0v) is 18.1. The number of hydrogen-bond donors (Lipinski definition) is 1. The summed E-state index contributed by atoms with van der Waals surface area (Å²) in [6.07, 6.45) is 0. The van der Waals surface area contributed by atoms with Gasteiger partial charge in [0.15, 0.2) is 0 Å². The van der Waals surface area contributed by atoms with E-state index in [9.17, 15) is 14.9 Å². The Balaban J connectivity index is 1.73. The molecule has 0 saturated carbocycles. The van der Waals surface area contributed by atoms with Crippen LogP contribution >= 0.6 is 23.1 Å². The van der Waals surface area contributed by atoms with Gasteiger partial charge in [-0.1, -0.05) is 42.1 Å². The zero-order valence-electron chi connectivity index (χ0n) is 16.5. The molecule has 0 fully saturated rings. The van der Waals surface area contributed by atoms with Crippen LogP contribution < -0.4 is 5.32 Å². The van der Waals surface area contributed by atoms with Crippen LogP contribution in [0.2, 0.25) is 0 Å². The number of nitriles is 1. The number of carbonyl (C=O) groups is 2. The molecule has 1 aromatic heterocycles. The molecule has 152 valence electrons. The smallest absolute Gasteiger partial charge is 0.255 e. The van der Waals surface area contributed by atoms with Crippen LogP contribution in [0.25, 0.3) is 0 Å². The molecule has 5 nitrogen and oxygen atoms in total. The highest BCUT2D eigenvalue weighted by Crippen LogP contribution is 2.33. The first kappa shape index (κ1) is 21.6. The van der Waals surface area contributed by atoms with Gasteiger partial charge >= 0.3 is 0 Å². The van der Waals surface area contributed by atoms with E-state index in [2.05, 4.69) is 11.4 Å². The van der Waals surface area contributed by atoms with Crippen LogP contribution in [0.15, 0.2) is 75.8 Å². The molecule has 30 heavy (non-hydrogen) atoms. The van der Waals surface area contributed by atoms with E-state index in [1.54, 1.807) is 29.5 Å². The Kier molecular flexibility index (Phi) is 7.66. The maximum atomic E-state index is 13.2. The van der Waals surface area contributed by atoms with Gasteiger partial charge in [-0.3, -0.25) is 9.59 Å². The Morgan fingerprint density at radius 3 is 2.50 bits per heavy atom. The predicted octanol–water partition coefficient (Wildman–Crippen LogP) is 4.55. The van der Waals surface area contributed by atoms with Crippen molar-refractivity contribution in [3.05, 3.63) is 82.0 Å². The minimum atomic E-state index is -0.207. The van der Waals surface area contributed by atoms with Gasteiger partial charge in [0, 0.05) is 21.2 Å². The summed E-state index contributed by atoms with van der Waals surface area (Å²) < 4.78 is 0. The third kappa shape index (κ3) is 5.50. The van der Waals surface area contributed by atoms with Crippen LogP contribution in [0.4, 0.5) is 0 Å². The summed E-state index contributed by atoms with van der Waals surface area (Å²) in [5, 5.41) is 14.2. The Hall–Kier alpha value is -3.08. The number of nitrogens with one attached hydrogen (secondary N) is 1. The van der Waals surface area contributed by atoms with Gasteiger partial charge in [-0.15, -0.1) is 11.3 Å². The lowest BCUT2D eigenvalue weighted by molar-refractivity contribution is -0.121. The third-order valence-corrected chi connectivity index (χ3v) is 6.42. The van der Waals surface area contributed by atoms with Gasteiger partial charge < -0.3 is 10.2 Å². The first-order valence-corrected chi connectivity index (χ1v) is 11.2. The maximum absolute atomic E-state index is 13.2. The fourth-order valence-electron chi connectivity index (χ4n) is 2.82. The zero-order chi connectivity index (χ0) is 21.3. The molecule has 0 saturated heterocycles. The first-order chi connectivity index (χ1) is 14.6. The highest BCUT2D eigenvalue weighted by Gasteiger charge is 2.20. The molecule has 0 bridgehead atoms. The van der Waals surface area contributed by atoms with Crippen LogP contribution in [0, 0.1) is 11.3 Å². The summed E-state index contributed by atoms with van der Waals surface area (Å²) in [7, 11) is 0. The molecule has 0 spiro atoms. The van der Waals surface area contributed by atoms with E-state index in [1.165, 1.54) is 16.7 Å². The van der Waals surface area contributed by atoms with E-state index >= 15 is 0 Å². The molecule has 0 aliphatic rings. The largest absolute Gasteiger partial charge is 0.350 e. The highest BCUT2D eigenvalue weighted by atomic mass is 32.2. The molecule has 0 radical (unpaired) electrons. The van der Waals surface area contributed by atoms with E-state index in [0.717, 1.165) is 14.7 Å². The minimum Gasteiger partial charge on any atom is -0.350 e. The minimum absolute atomic E-state index is 0.00546. The summed E-state index contributed by atoms with van der Waals surface area (Å²) in [6.45, 7) is 2.72. The lowest BCUT2D eigenvalue weighted by Gasteiger charge is -2.21. The molecule has 1 heterocycles. The number of hydrogen-bond acceptors (Lipinski definition) is 5. The van der Waals surface area contributed by atoms with Gasteiger partial charge in [0.1, 0.15) is 6.07 Å². The van der Waals surface area contributed by atoms with Crippen molar-refractivity contribution >= 4 is 34.9 Å². The first-order valence-electron chi connectivity index (χ1n) is 9.46. The predicted molar refractivity (Wildman–Crippen MR) is 119 cm³/mol. The summed E-state index contributed by atoms with van der Waals surface area (Å²) >= 11 is 2.96. The molecule has 2 aromatic carbocycles. The number of benzene rings is 2. The summed E-state index contributed by atoms with van der Waals surface area (Å²) in [5.74, 6) is -0.403. The standard InChI is InChI=1S/C23H21N3O2S2/c1-2-26(16-22(27)25-15-18-9-7-13-29-18)23(28)19-10-4-6-12-21(19)30-20-11-5-3-8-17(20)14-24/h3-13H,2,15-16H2,1H3,(H,25,27). The second-order valence-electron chi connectivity index (χ2n) is 6.38. The molecule has 7 heteroatoms. The average Bonchev–Trinajstić information content (AvgIpc) is 3.30. The van der Waals surface area contributed by atoms with Gasteiger partial charge in [-0.05, 0) is 42.6 Å². The van der Waals surface area contributed by atoms with Crippen LogP contribution in [0.3, 0.4) is 0 Å². The van der Waals surface area contributed by atoms with Crippen LogP contribution in [-0.2, 0) is 11.3 Å². The molecule has 3 rings (SSSR count). The van der Waals surface area contributed by atoms with Gasteiger partial charge in [0.25, 0.3) is 5.91 Å². The molecule has 3 aromatic rings. The molecule has 0 aliphatic carbocycles. The van der Waals surface area contributed by atoms with Crippen molar-refractivity contribution in [2.45, 2.75) is 23.3 Å². The molecule has 1 N–H and O–H groups in total. The van der Waals surface area contributed by atoms with E-state index in [1.807, 2.05) is 54.8 Å². The van der Waals surface area contributed by atoms with Gasteiger partial charge in [-0.2, -0.15) is 5.26 Å². The lowest BCUT2D eigenvalue weighted by atomic mass is 10.2. The van der Waals surface area contributed by atoms with Crippen molar-refractivity contribution in [2.75, 3.05) is 13.1 Å². The molecule has 2 amide bonds. The lowest BCUT2D eigenvalue weighted by Crippen LogP contribution is -2.40. The number of carbonyl (C=O) groups excluding carboxylic acids is 2. The van der Waals surface area contributed by atoms with Crippen molar-refractivity contribution in [2.24, 2.45) is 0 Å². The number of thiophene rings is 1. The quantitative estimate of drug-likeness (QED) is 0.563. The summed E-state index contributed by atoms with van der Waals surface area (Å²) in [5.41, 5.74) is 1.08. The summed E-state index contributed by atoms with van der Waals surface area (Å²) in [6, 6.07) is 20.6. The Labute approximate surface area is 184 Å². The van der Waals surface area contributed by atoms with Crippen molar-refractivity contribution in [3.8, 4) is 6.07 Å². The number of nitrogens with zero attached hydrogens (tertiary/aromatic N) is 2. The Bertz CT molecular complexity index is 1060. The molecule has 0 unspecified atom stereocenters. The fraction of sp³-hybridized carbons (Fsp3) is 0.174. The third-order valence-electron chi connectivity index (χ3n) is 4.39. The van der Waals surface area contributed by atoms with Crippen LogP contribution in [-0.4, -0.2) is 29.8 Å². The topological polar surface area (TPSA) is 73.2 Å². The number of likely N-dealkylation sites (N-methyl/N-ethyl adjacent to an activating group) is 1. The molecule has 0 atom stereocenters. The van der Waals surface area contributed by atoms with Gasteiger partial charge in [0.05, 0.1) is 24.2 Å². The SMILES string of the molecule is CCN(CC(=O)NCc1cccs1)C(=O)c1ccccc1Sc1ccccc1C#N. The number of rotatable bonds is 8. The second kappa shape index (κ2) is 10.6. The van der Waals surface area contributed by atoms with Crippen molar-refractivity contribution < 1.29 is 9.59 Å². The highest BCUT2D eigenvalue weighted by molar-refractivity contribution is 7.99. The van der Waals surface area contributed by atoms with Crippen LogP contribution in [0.1, 0.15) is 27.7 Å². The van der Waals surface area contributed by atoms with E-state index in [0.29, 0.717) is 24.2 Å². The molecular weight excluding hydrogens is 414 g/mol. The van der Waals surface area contributed by atoms with Crippen molar-refractivity contribution in [1.82, 2.24) is 10.2 Å². The van der Waals surface area contributed by atoms with Crippen molar-refractivity contribution in [3.63, 3.8) is 0 Å². The number of amides is 2. The van der Waals surface area contributed by atoms with Crippen LogP contribution in [0.5, 0.6) is 0 Å². The average molecular weight is 436 g/mol. The van der Waals surface area contributed by atoms with E-state index in [4.69, 9.17) is 0 Å². The summed E-state index contributed by atoms with van der Waals surface area (Å²) in [4.78, 5) is 29.7.